The van der Waals surface area contributed by atoms with E-state index in [1.54, 1.807) is 30.3 Å². The van der Waals surface area contributed by atoms with Gasteiger partial charge in [-0.3, -0.25) is 0 Å². The normalized spacial score (nSPS) is 12.5. The topological polar surface area (TPSA) is 42.2 Å². The third-order valence-corrected chi connectivity index (χ3v) is 4.49. The van der Waals surface area contributed by atoms with E-state index in [4.69, 9.17) is 16.0 Å². The van der Waals surface area contributed by atoms with Crippen LogP contribution in [-0.4, -0.2) is 0 Å². The molecule has 0 aliphatic carbocycles. The molecule has 0 radical (unpaired) electrons. The van der Waals surface area contributed by atoms with Gasteiger partial charge in [0.05, 0.1) is 0 Å². The van der Waals surface area contributed by atoms with E-state index in [0.29, 0.717) is 22.7 Å². The number of nitrogens with one attached hydrogen (secondary N) is 1. The molecule has 0 saturated carbocycles. The van der Waals surface area contributed by atoms with E-state index in [2.05, 4.69) is 5.32 Å². The van der Waals surface area contributed by atoms with Crippen LogP contribution >= 0.6 is 11.6 Å². The number of fused-ring (bicyclic) bond motifs is 1. The summed E-state index contributed by atoms with van der Waals surface area (Å²) in [4.78, 5) is 11.8. The Morgan fingerprint density at radius 3 is 2.75 bits per heavy atom. The van der Waals surface area contributed by atoms with Gasteiger partial charge in [-0.15, -0.1) is 0 Å². The predicted molar refractivity (Wildman–Crippen MR) is 93.9 cm³/mol. The lowest BCUT2D eigenvalue weighted by atomic mass is 10.1. The summed E-state index contributed by atoms with van der Waals surface area (Å²) in [5.74, 6) is -0.256. The highest BCUT2D eigenvalue weighted by atomic mass is 35.5. The van der Waals surface area contributed by atoms with Gasteiger partial charge in [0, 0.05) is 34.6 Å². The van der Waals surface area contributed by atoms with Crippen molar-refractivity contribution < 1.29 is 8.81 Å². The maximum Gasteiger partial charge on any atom is 0.336 e. The average Bonchev–Trinajstić information content (AvgIpc) is 2.54. The van der Waals surface area contributed by atoms with Crippen molar-refractivity contribution >= 4 is 22.6 Å². The van der Waals surface area contributed by atoms with Crippen LogP contribution in [0.25, 0.3) is 11.0 Å². The van der Waals surface area contributed by atoms with E-state index in [1.807, 2.05) is 13.8 Å². The number of hydrogen-bond donors (Lipinski definition) is 1. The lowest BCUT2D eigenvalue weighted by Gasteiger charge is -2.16. The molecule has 2 aromatic carbocycles. The van der Waals surface area contributed by atoms with Crippen LogP contribution in [0.2, 0.25) is 5.02 Å². The highest BCUT2D eigenvalue weighted by molar-refractivity contribution is 6.32. The van der Waals surface area contributed by atoms with Crippen LogP contribution in [0.3, 0.4) is 0 Å². The average molecular weight is 346 g/mol. The second-order valence-electron chi connectivity index (χ2n) is 5.81. The van der Waals surface area contributed by atoms with Gasteiger partial charge < -0.3 is 9.73 Å². The highest BCUT2D eigenvalue weighted by Gasteiger charge is 2.12. The number of rotatable bonds is 4. The first-order valence-electron chi connectivity index (χ1n) is 7.66. The Kier molecular flexibility index (Phi) is 4.69. The maximum atomic E-state index is 13.9. The maximum absolute atomic E-state index is 13.9. The first-order chi connectivity index (χ1) is 11.5. The highest BCUT2D eigenvalue weighted by Crippen LogP contribution is 2.25. The van der Waals surface area contributed by atoms with Crippen LogP contribution < -0.4 is 10.9 Å². The van der Waals surface area contributed by atoms with Crippen LogP contribution in [0.15, 0.2) is 51.7 Å². The van der Waals surface area contributed by atoms with Gasteiger partial charge in [-0.2, -0.15) is 0 Å². The van der Waals surface area contributed by atoms with Gasteiger partial charge in [0.25, 0.3) is 0 Å². The smallest absolute Gasteiger partial charge is 0.336 e. The van der Waals surface area contributed by atoms with Crippen molar-refractivity contribution in [3.63, 3.8) is 0 Å². The van der Waals surface area contributed by atoms with Crippen LogP contribution in [-0.2, 0) is 6.54 Å². The molecule has 0 fully saturated rings. The quantitative estimate of drug-likeness (QED) is 0.694. The summed E-state index contributed by atoms with van der Waals surface area (Å²) in [5, 5.41) is 4.63. The molecule has 1 atom stereocenters. The standard InChI is InChI=1S/C19H17ClFNO2/c1-11-7-18-15(9-16(11)20)13(8-19(23)24-18)10-22-12(2)14-5-3-4-6-17(14)21/h3-9,12,22H,10H2,1-2H3. The molecule has 3 nitrogen and oxygen atoms in total. The predicted octanol–water partition coefficient (Wildman–Crippen LogP) is 4.74. The molecule has 0 amide bonds. The summed E-state index contributed by atoms with van der Waals surface area (Å²) in [7, 11) is 0. The number of aryl methyl sites for hydroxylation is 1. The Morgan fingerprint density at radius 1 is 1.25 bits per heavy atom. The van der Waals surface area contributed by atoms with E-state index in [9.17, 15) is 9.18 Å². The first kappa shape index (κ1) is 16.7. The molecule has 3 rings (SSSR count). The Balaban J connectivity index is 1.91. The van der Waals surface area contributed by atoms with Crippen molar-refractivity contribution in [2.45, 2.75) is 26.4 Å². The zero-order valence-electron chi connectivity index (χ0n) is 13.4. The van der Waals surface area contributed by atoms with E-state index in [-0.39, 0.29) is 11.9 Å². The Hall–Kier alpha value is -2.17. The molecule has 5 heteroatoms. The van der Waals surface area contributed by atoms with Crippen molar-refractivity contribution in [1.29, 1.82) is 0 Å². The molecule has 3 aromatic rings. The van der Waals surface area contributed by atoms with Gasteiger partial charge in [0.2, 0.25) is 0 Å². The zero-order valence-corrected chi connectivity index (χ0v) is 14.2. The fraction of sp³-hybridized carbons (Fsp3) is 0.211. The van der Waals surface area contributed by atoms with Crippen molar-refractivity contribution in [3.8, 4) is 0 Å². The Bertz CT molecular complexity index is 952. The molecule has 0 aliphatic rings. The van der Waals surface area contributed by atoms with Crippen LogP contribution in [0.4, 0.5) is 4.39 Å². The lowest BCUT2D eigenvalue weighted by Crippen LogP contribution is -2.20. The molecule has 1 heterocycles. The molecule has 0 spiro atoms. The zero-order chi connectivity index (χ0) is 17.3. The van der Waals surface area contributed by atoms with Crippen LogP contribution in [0.1, 0.15) is 29.7 Å². The van der Waals surface area contributed by atoms with Crippen molar-refractivity contribution in [1.82, 2.24) is 5.32 Å². The van der Waals surface area contributed by atoms with Crippen LogP contribution in [0.5, 0.6) is 0 Å². The number of benzene rings is 2. The summed E-state index contributed by atoms with van der Waals surface area (Å²) >= 11 is 6.19. The fourth-order valence-electron chi connectivity index (χ4n) is 2.69. The van der Waals surface area contributed by atoms with Crippen molar-refractivity contribution in [2.24, 2.45) is 0 Å². The van der Waals surface area contributed by atoms with E-state index in [1.165, 1.54) is 12.1 Å². The van der Waals surface area contributed by atoms with Gasteiger partial charge in [-0.05, 0) is 43.2 Å². The largest absolute Gasteiger partial charge is 0.423 e. The van der Waals surface area contributed by atoms with E-state index < -0.39 is 5.63 Å². The molecule has 0 saturated heterocycles. The van der Waals surface area contributed by atoms with Crippen molar-refractivity contribution in [3.05, 3.63) is 80.4 Å². The summed E-state index contributed by atoms with van der Waals surface area (Å²) in [6.45, 7) is 4.13. The minimum absolute atomic E-state index is 0.200. The summed E-state index contributed by atoms with van der Waals surface area (Å²) < 4.78 is 19.1. The minimum Gasteiger partial charge on any atom is -0.423 e. The van der Waals surface area contributed by atoms with Crippen LogP contribution in [0, 0.1) is 12.7 Å². The van der Waals surface area contributed by atoms with Gasteiger partial charge in [-0.25, -0.2) is 9.18 Å². The van der Waals surface area contributed by atoms with Gasteiger partial charge in [0.15, 0.2) is 0 Å². The lowest BCUT2D eigenvalue weighted by molar-refractivity contribution is 0.523. The molecule has 1 N–H and O–H groups in total. The second-order valence-corrected chi connectivity index (χ2v) is 6.22. The summed E-state index contributed by atoms with van der Waals surface area (Å²) in [6, 6.07) is 11.4. The van der Waals surface area contributed by atoms with Gasteiger partial charge >= 0.3 is 5.63 Å². The Morgan fingerprint density at radius 2 is 2.00 bits per heavy atom. The molecule has 0 aliphatic heterocycles. The third kappa shape index (κ3) is 3.35. The Labute approximate surface area is 144 Å². The molecular weight excluding hydrogens is 329 g/mol. The summed E-state index contributed by atoms with van der Waals surface area (Å²) in [5.41, 5.74) is 2.28. The van der Waals surface area contributed by atoms with Crippen molar-refractivity contribution in [2.75, 3.05) is 0 Å². The molecule has 1 aromatic heterocycles. The second kappa shape index (κ2) is 6.75. The van der Waals surface area contributed by atoms with E-state index in [0.717, 1.165) is 16.5 Å². The summed E-state index contributed by atoms with van der Waals surface area (Å²) in [6.07, 6.45) is 0. The molecule has 24 heavy (non-hydrogen) atoms. The monoisotopic (exact) mass is 345 g/mol. The molecular formula is C19H17ClFNO2. The molecule has 0 bridgehead atoms. The molecule has 1 unspecified atom stereocenters. The van der Waals surface area contributed by atoms with Gasteiger partial charge in [0.1, 0.15) is 11.4 Å². The molecule has 124 valence electrons. The fourth-order valence-corrected chi connectivity index (χ4v) is 2.86. The first-order valence-corrected chi connectivity index (χ1v) is 8.04. The third-order valence-electron chi connectivity index (χ3n) is 4.08. The number of halogens is 2. The van der Waals surface area contributed by atoms with Gasteiger partial charge in [-0.1, -0.05) is 29.8 Å². The minimum atomic E-state index is -0.417. The van der Waals surface area contributed by atoms with E-state index >= 15 is 0 Å². The number of hydrogen-bond acceptors (Lipinski definition) is 3. The SMILES string of the molecule is Cc1cc2oc(=O)cc(CNC(C)c3ccccc3F)c2cc1Cl.